The Bertz CT molecular complexity index is 344. The Hall–Kier alpha value is -1.04. The topological polar surface area (TPSA) is 44.1 Å². The molecular formula is C18H30N2O. The van der Waals surface area contributed by atoms with Crippen LogP contribution in [-0.4, -0.2) is 22.9 Å². The van der Waals surface area contributed by atoms with Gasteiger partial charge in [-0.3, -0.25) is 4.79 Å². The first-order valence-electron chi connectivity index (χ1n) is 8.99. The average Bonchev–Trinajstić information content (AvgIpc) is 2.55. The maximum absolute atomic E-state index is 13.0. The van der Waals surface area contributed by atoms with E-state index in [0.29, 0.717) is 18.5 Å². The van der Waals surface area contributed by atoms with Crippen molar-refractivity contribution in [3.8, 4) is 6.07 Å². The molecule has 2 saturated carbocycles. The molecule has 0 N–H and O–H groups in total. The summed E-state index contributed by atoms with van der Waals surface area (Å²) < 4.78 is 0. The maximum Gasteiger partial charge on any atom is 0.240 e. The van der Waals surface area contributed by atoms with Gasteiger partial charge in [-0.1, -0.05) is 51.9 Å². The Balaban J connectivity index is 2.13. The third-order valence-electron chi connectivity index (χ3n) is 5.22. The predicted octanol–water partition coefficient (Wildman–Crippen LogP) is 4.42. The summed E-state index contributed by atoms with van der Waals surface area (Å²) in [5, 5.41) is 9.38. The van der Waals surface area contributed by atoms with E-state index < -0.39 is 5.92 Å². The molecule has 3 nitrogen and oxygen atoms in total. The molecule has 0 spiro atoms. The van der Waals surface area contributed by atoms with Gasteiger partial charge in [0.25, 0.3) is 0 Å². The van der Waals surface area contributed by atoms with Crippen molar-refractivity contribution < 1.29 is 4.79 Å². The van der Waals surface area contributed by atoms with Gasteiger partial charge in [-0.15, -0.1) is 0 Å². The lowest BCUT2D eigenvalue weighted by molar-refractivity contribution is -0.140. The van der Waals surface area contributed by atoms with E-state index in [4.69, 9.17) is 0 Å². The van der Waals surface area contributed by atoms with Crippen molar-refractivity contribution in [1.29, 1.82) is 5.26 Å². The summed E-state index contributed by atoms with van der Waals surface area (Å²) in [5.74, 6) is -0.281. The van der Waals surface area contributed by atoms with Gasteiger partial charge < -0.3 is 4.90 Å². The van der Waals surface area contributed by atoms with Crippen LogP contribution in [0, 0.1) is 17.2 Å². The van der Waals surface area contributed by atoms with E-state index in [9.17, 15) is 10.1 Å². The van der Waals surface area contributed by atoms with Gasteiger partial charge >= 0.3 is 0 Å². The normalized spacial score (nSPS) is 22.5. The molecule has 0 radical (unpaired) electrons. The highest BCUT2D eigenvalue weighted by molar-refractivity contribution is 5.81. The second-order valence-corrected chi connectivity index (χ2v) is 6.80. The van der Waals surface area contributed by atoms with Gasteiger partial charge in [0, 0.05) is 12.1 Å². The number of nitrogens with zero attached hydrogens (tertiary/aromatic N) is 2. The highest BCUT2D eigenvalue weighted by atomic mass is 16.2. The monoisotopic (exact) mass is 290 g/mol. The maximum atomic E-state index is 13.0. The molecule has 0 aromatic rings. The van der Waals surface area contributed by atoms with Gasteiger partial charge in [0.1, 0.15) is 5.92 Å². The molecule has 2 fully saturated rings. The molecule has 0 aromatic heterocycles. The molecule has 2 aliphatic rings. The zero-order chi connectivity index (χ0) is 15.1. The van der Waals surface area contributed by atoms with E-state index in [1.54, 1.807) is 0 Å². The molecule has 0 saturated heterocycles. The summed E-state index contributed by atoms with van der Waals surface area (Å²) in [6, 6.07) is 3.08. The molecule has 3 heteroatoms. The average molecular weight is 290 g/mol. The minimum atomic E-state index is -0.418. The fraction of sp³-hybridized carbons (Fsp3) is 0.889. The van der Waals surface area contributed by atoms with Crippen LogP contribution in [0.5, 0.6) is 0 Å². The van der Waals surface area contributed by atoms with E-state index in [0.717, 1.165) is 32.1 Å². The molecule has 0 aromatic carbocycles. The molecule has 0 aliphatic heterocycles. The second kappa shape index (κ2) is 8.41. The van der Waals surface area contributed by atoms with E-state index in [-0.39, 0.29) is 5.91 Å². The van der Waals surface area contributed by atoms with E-state index >= 15 is 0 Å². The highest BCUT2D eigenvalue weighted by Crippen LogP contribution is 2.31. The van der Waals surface area contributed by atoms with Crippen LogP contribution < -0.4 is 0 Å². The van der Waals surface area contributed by atoms with Crippen LogP contribution in [0.2, 0.25) is 0 Å². The summed E-state index contributed by atoms with van der Waals surface area (Å²) in [6.45, 7) is 2.06. The molecule has 1 amide bonds. The van der Waals surface area contributed by atoms with Crippen molar-refractivity contribution in [3.05, 3.63) is 0 Å². The quantitative estimate of drug-likeness (QED) is 0.752. The summed E-state index contributed by atoms with van der Waals surface area (Å²) in [7, 11) is 0. The van der Waals surface area contributed by atoms with Crippen molar-refractivity contribution in [2.75, 3.05) is 0 Å². The van der Waals surface area contributed by atoms with Crippen LogP contribution in [0.15, 0.2) is 0 Å². The van der Waals surface area contributed by atoms with Crippen molar-refractivity contribution in [2.45, 2.75) is 96.1 Å². The molecule has 1 unspecified atom stereocenters. The molecule has 118 valence electrons. The number of rotatable bonds is 5. The number of hydrogen-bond donors (Lipinski definition) is 0. The number of amides is 1. The first-order valence-corrected chi connectivity index (χ1v) is 8.99. The molecule has 1 atom stereocenters. The minimum absolute atomic E-state index is 0.137. The molecule has 0 bridgehead atoms. The lowest BCUT2D eigenvalue weighted by Crippen LogP contribution is -2.50. The standard InChI is InChI=1S/C18H30N2O/c1-2-9-15(14-19)18(21)20(16-10-5-3-6-11-16)17-12-7-4-8-13-17/h15-17H,2-13H2,1H3. The van der Waals surface area contributed by atoms with Crippen molar-refractivity contribution in [1.82, 2.24) is 4.90 Å². The summed E-state index contributed by atoms with van der Waals surface area (Å²) in [6.07, 6.45) is 13.8. The Kier molecular flexibility index (Phi) is 6.54. The SMILES string of the molecule is CCCC(C#N)C(=O)N(C1CCCCC1)C1CCCCC1. The number of carbonyl (C=O) groups is 1. The zero-order valence-electron chi connectivity index (χ0n) is 13.5. The van der Waals surface area contributed by atoms with Crippen molar-refractivity contribution in [2.24, 2.45) is 5.92 Å². The van der Waals surface area contributed by atoms with Crippen LogP contribution in [0.4, 0.5) is 0 Å². The Morgan fingerprint density at radius 3 is 1.90 bits per heavy atom. The van der Waals surface area contributed by atoms with Gasteiger partial charge in [0.05, 0.1) is 6.07 Å². The van der Waals surface area contributed by atoms with Crippen LogP contribution in [0.3, 0.4) is 0 Å². The van der Waals surface area contributed by atoms with E-state index in [2.05, 4.69) is 17.9 Å². The number of hydrogen-bond acceptors (Lipinski definition) is 2. The van der Waals surface area contributed by atoms with Gasteiger partial charge in [0.15, 0.2) is 0 Å². The molecule has 21 heavy (non-hydrogen) atoms. The Labute approximate surface area is 129 Å². The predicted molar refractivity (Wildman–Crippen MR) is 84.6 cm³/mol. The van der Waals surface area contributed by atoms with E-state index in [1.165, 1.54) is 38.5 Å². The molecule has 2 rings (SSSR count). The van der Waals surface area contributed by atoms with Crippen LogP contribution in [0.25, 0.3) is 0 Å². The van der Waals surface area contributed by atoms with Gasteiger partial charge in [-0.25, -0.2) is 0 Å². The van der Waals surface area contributed by atoms with Gasteiger partial charge in [-0.2, -0.15) is 5.26 Å². The Morgan fingerprint density at radius 1 is 1.05 bits per heavy atom. The fourth-order valence-electron chi connectivity index (χ4n) is 4.09. The summed E-state index contributed by atoms with van der Waals surface area (Å²) in [5.41, 5.74) is 0. The lowest BCUT2D eigenvalue weighted by Gasteiger charge is -2.42. The number of nitriles is 1. The zero-order valence-corrected chi connectivity index (χ0v) is 13.5. The van der Waals surface area contributed by atoms with Gasteiger partial charge in [-0.05, 0) is 32.1 Å². The second-order valence-electron chi connectivity index (χ2n) is 6.80. The third kappa shape index (κ3) is 4.22. The highest BCUT2D eigenvalue weighted by Gasteiger charge is 2.35. The summed E-state index contributed by atoms with van der Waals surface area (Å²) in [4.78, 5) is 15.1. The first-order chi connectivity index (χ1) is 10.3. The molecule has 0 heterocycles. The van der Waals surface area contributed by atoms with Crippen LogP contribution in [-0.2, 0) is 4.79 Å². The molecular weight excluding hydrogens is 260 g/mol. The summed E-state index contributed by atoms with van der Waals surface area (Å²) >= 11 is 0. The van der Waals surface area contributed by atoms with Crippen LogP contribution >= 0.6 is 0 Å². The fourth-order valence-corrected chi connectivity index (χ4v) is 4.09. The van der Waals surface area contributed by atoms with Crippen molar-refractivity contribution >= 4 is 5.91 Å². The van der Waals surface area contributed by atoms with E-state index in [1.807, 2.05) is 0 Å². The largest absolute Gasteiger partial charge is 0.336 e. The van der Waals surface area contributed by atoms with Crippen LogP contribution in [0.1, 0.15) is 84.0 Å². The van der Waals surface area contributed by atoms with Gasteiger partial charge in [0.2, 0.25) is 5.91 Å². The van der Waals surface area contributed by atoms with Crippen molar-refractivity contribution in [3.63, 3.8) is 0 Å². The third-order valence-corrected chi connectivity index (χ3v) is 5.22. The number of carbonyl (C=O) groups excluding carboxylic acids is 1. The lowest BCUT2D eigenvalue weighted by atomic mass is 9.87. The Morgan fingerprint density at radius 2 is 1.52 bits per heavy atom. The molecule has 2 aliphatic carbocycles. The first kappa shape index (κ1) is 16.3. The minimum Gasteiger partial charge on any atom is -0.336 e. The smallest absolute Gasteiger partial charge is 0.240 e.